The molecule has 0 atom stereocenters. The van der Waals surface area contributed by atoms with Crippen LogP contribution in [0.15, 0.2) is 80.8 Å². The molecule has 1 aliphatic heterocycles. The number of nitrogens with one attached hydrogen (secondary N) is 1. The van der Waals surface area contributed by atoms with Crippen LogP contribution in [-0.4, -0.2) is 65.3 Å². The zero-order chi connectivity index (χ0) is 28.1. The number of aromatic nitrogens is 2. The number of aromatic amines is 1. The van der Waals surface area contributed by atoms with Crippen molar-refractivity contribution in [1.82, 2.24) is 19.5 Å². The molecule has 208 valence electrons. The second-order valence-electron chi connectivity index (χ2n) is 9.93. The molecule has 10 nitrogen and oxygen atoms in total. The number of carbonyl (C=O) groups excluding carboxylic acids is 1. The van der Waals surface area contributed by atoms with Crippen molar-refractivity contribution in [2.45, 2.75) is 20.1 Å². The summed E-state index contributed by atoms with van der Waals surface area (Å²) in [7, 11) is 2.06. The molecule has 0 aliphatic carbocycles. The number of aryl methyl sites for hydroxylation is 1. The Labute approximate surface area is 231 Å². The van der Waals surface area contributed by atoms with Gasteiger partial charge in [0.25, 0.3) is 5.91 Å². The number of nitrogens with zero attached hydrogens (tertiary/aromatic N) is 3. The highest BCUT2D eigenvalue weighted by Crippen LogP contribution is 2.28. The molecule has 3 aromatic carbocycles. The Morgan fingerprint density at radius 2 is 1.65 bits per heavy atom. The molecule has 40 heavy (non-hydrogen) atoms. The van der Waals surface area contributed by atoms with E-state index in [0.717, 1.165) is 58.7 Å². The number of carbonyl (C=O) groups is 1. The Balaban J connectivity index is 1.16. The van der Waals surface area contributed by atoms with Gasteiger partial charge in [0, 0.05) is 26.2 Å². The van der Waals surface area contributed by atoms with Crippen molar-refractivity contribution in [2.75, 3.05) is 39.8 Å². The lowest BCUT2D eigenvalue weighted by Gasteiger charge is -2.32. The normalized spacial score (nSPS) is 13.8. The van der Waals surface area contributed by atoms with E-state index in [2.05, 4.69) is 29.1 Å². The van der Waals surface area contributed by atoms with Crippen LogP contribution in [0.25, 0.3) is 11.1 Å². The zero-order valence-electron chi connectivity index (χ0n) is 22.6. The average Bonchev–Trinajstić information content (AvgIpc) is 3.27. The van der Waals surface area contributed by atoms with Crippen molar-refractivity contribution in [3.8, 4) is 22.6 Å². The maximum absolute atomic E-state index is 12.5. The van der Waals surface area contributed by atoms with Gasteiger partial charge in [0.15, 0.2) is 6.61 Å². The molecular weight excluding hydrogens is 512 g/mol. The summed E-state index contributed by atoms with van der Waals surface area (Å²) < 4.78 is 17.6. The molecule has 1 N–H and O–H groups in total. The molecule has 4 aromatic rings. The molecule has 5 rings (SSSR count). The molecule has 1 aliphatic rings. The quantitative estimate of drug-likeness (QED) is 0.345. The van der Waals surface area contributed by atoms with Gasteiger partial charge in [0.2, 0.25) is 0 Å². The van der Waals surface area contributed by atoms with E-state index in [4.69, 9.17) is 14.0 Å². The number of hydrogen-bond acceptors (Lipinski definition) is 7. The van der Waals surface area contributed by atoms with Gasteiger partial charge in [-0.2, -0.15) is 0 Å². The fourth-order valence-corrected chi connectivity index (χ4v) is 4.61. The molecule has 1 amide bonds. The van der Waals surface area contributed by atoms with E-state index in [1.807, 2.05) is 66.4 Å². The second-order valence-corrected chi connectivity index (χ2v) is 9.93. The highest BCUT2D eigenvalue weighted by molar-refractivity contribution is 5.78. The van der Waals surface area contributed by atoms with Crippen LogP contribution in [0.3, 0.4) is 0 Å². The third-order valence-corrected chi connectivity index (χ3v) is 6.94. The first-order chi connectivity index (χ1) is 19.3. The topological polar surface area (TPSA) is 110 Å². The number of hydrogen-bond donors (Lipinski definition) is 1. The van der Waals surface area contributed by atoms with Gasteiger partial charge < -0.3 is 23.8 Å². The van der Waals surface area contributed by atoms with Gasteiger partial charge in [-0.25, -0.2) is 14.6 Å². The monoisotopic (exact) mass is 544 g/mol. The fourth-order valence-electron chi connectivity index (χ4n) is 4.61. The van der Waals surface area contributed by atoms with Crippen molar-refractivity contribution in [3.05, 3.63) is 104 Å². The van der Waals surface area contributed by atoms with Gasteiger partial charge in [0.1, 0.15) is 18.1 Å². The molecule has 10 heteroatoms. The molecule has 0 spiro atoms. The summed E-state index contributed by atoms with van der Waals surface area (Å²) in [6.45, 7) is 5.84. The largest absolute Gasteiger partial charge is 0.489 e. The number of ether oxygens (including phenoxy) is 2. The predicted octanol–water partition coefficient (Wildman–Crippen LogP) is 2.89. The molecular formula is C30H32N4O6. The van der Waals surface area contributed by atoms with Gasteiger partial charge >= 0.3 is 11.4 Å². The fraction of sp³-hybridized carbons (Fsp3) is 0.300. The summed E-state index contributed by atoms with van der Waals surface area (Å²) in [5.41, 5.74) is 4.42. The lowest BCUT2D eigenvalue weighted by molar-refractivity contribution is -0.134. The molecule has 0 radical (unpaired) electrons. The Morgan fingerprint density at radius 1 is 0.900 bits per heavy atom. The van der Waals surface area contributed by atoms with Crippen molar-refractivity contribution in [3.63, 3.8) is 0 Å². The van der Waals surface area contributed by atoms with E-state index in [0.29, 0.717) is 18.1 Å². The predicted molar refractivity (Wildman–Crippen MR) is 150 cm³/mol. The van der Waals surface area contributed by atoms with Gasteiger partial charge in [0.05, 0.1) is 6.54 Å². The van der Waals surface area contributed by atoms with Gasteiger partial charge in [-0.05, 0) is 72.1 Å². The van der Waals surface area contributed by atoms with E-state index in [1.165, 1.54) is 0 Å². The van der Waals surface area contributed by atoms with Crippen molar-refractivity contribution < 1.29 is 18.8 Å². The third-order valence-electron chi connectivity index (χ3n) is 6.94. The molecule has 0 saturated carbocycles. The molecule has 1 fully saturated rings. The highest BCUT2D eigenvalue weighted by Gasteiger charge is 2.19. The molecule has 1 aromatic heterocycles. The maximum atomic E-state index is 12.5. The van der Waals surface area contributed by atoms with Gasteiger partial charge in [-0.1, -0.05) is 36.4 Å². The summed E-state index contributed by atoms with van der Waals surface area (Å²) >= 11 is 0. The first-order valence-electron chi connectivity index (χ1n) is 13.2. The molecule has 1 saturated heterocycles. The standard InChI is InChI=1S/C30H32N4O6/c1-21-16-26(39-20-28(35)33-14-12-32(2)13-15-33)10-11-27(21)24-5-3-4-23(17-24)19-38-25-8-6-22(7-9-25)18-34-29(36)31-30(37)40-34/h3-11,16-17H,12-15,18-20H2,1-2H3,(H,31,36,37). The summed E-state index contributed by atoms with van der Waals surface area (Å²) in [5, 5.41) is 0. The van der Waals surface area contributed by atoms with E-state index in [1.54, 1.807) is 0 Å². The van der Waals surface area contributed by atoms with Crippen molar-refractivity contribution in [2.24, 2.45) is 0 Å². The summed E-state index contributed by atoms with van der Waals surface area (Å²) in [5.74, 6) is 0.595. The molecule has 2 heterocycles. The lowest BCUT2D eigenvalue weighted by Crippen LogP contribution is -2.48. The number of rotatable bonds is 9. The summed E-state index contributed by atoms with van der Waals surface area (Å²) in [4.78, 5) is 41.4. The van der Waals surface area contributed by atoms with Crippen LogP contribution in [-0.2, 0) is 17.9 Å². The minimum atomic E-state index is -0.778. The van der Waals surface area contributed by atoms with E-state index in [-0.39, 0.29) is 19.1 Å². The van der Waals surface area contributed by atoms with Crippen LogP contribution in [0, 0.1) is 6.92 Å². The Hall–Kier alpha value is -4.57. The Bertz CT molecular complexity index is 1580. The maximum Gasteiger partial charge on any atom is 0.440 e. The van der Waals surface area contributed by atoms with E-state index < -0.39 is 11.4 Å². The number of likely N-dealkylation sites (N-methyl/N-ethyl adjacent to an activating group) is 1. The van der Waals surface area contributed by atoms with Crippen molar-refractivity contribution >= 4 is 5.91 Å². The molecule has 0 unspecified atom stereocenters. The van der Waals surface area contributed by atoms with Gasteiger partial charge in [-0.15, -0.1) is 4.74 Å². The molecule has 0 bridgehead atoms. The lowest BCUT2D eigenvalue weighted by atomic mass is 9.99. The number of H-pyrrole nitrogens is 1. The average molecular weight is 545 g/mol. The van der Waals surface area contributed by atoms with Crippen LogP contribution in [0.2, 0.25) is 0 Å². The minimum Gasteiger partial charge on any atom is -0.489 e. The van der Waals surface area contributed by atoms with Crippen LogP contribution in [0.5, 0.6) is 11.5 Å². The second kappa shape index (κ2) is 12.1. The zero-order valence-corrected chi connectivity index (χ0v) is 22.6. The first kappa shape index (κ1) is 27.0. The van der Waals surface area contributed by atoms with Crippen molar-refractivity contribution in [1.29, 1.82) is 0 Å². The summed E-state index contributed by atoms with van der Waals surface area (Å²) in [6.07, 6.45) is 0. The minimum absolute atomic E-state index is 0.0154. The SMILES string of the molecule is Cc1cc(OCC(=O)N2CCN(C)CC2)ccc1-c1cccc(COc2ccc(Cn3oc(=O)[nH]c3=O)cc2)c1. The van der Waals surface area contributed by atoms with Gasteiger partial charge in [-0.3, -0.25) is 4.79 Å². The number of piperazine rings is 1. The van der Waals surface area contributed by atoms with E-state index >= 15 is 0 Å². The first-order valence-corrected chi connectivity index (χ1v) is 13.2. The third kappa shape index (κ3) is 6.70. The van der Waals surface area contributed by atoms with Crippen LogP contribution in [0.4, 0.5) is 0 Å². The van der Waals surface area contributed by atoms with Crippen LogP contribution in [0.1, 0.15) is 16.7 Å². The van der Waals surface area contributed by atoms with Crippen LogP contribution < -0.4 is 20.9 Å². The van der Waals surface area contributed by atoms with Crippen LogP contribution >= 0.6 is 0 Å². The van der Waals surface area contributed by atoms with E-state index in [9.17, 15) is 14.4 Å². The number of benzene rings is 3. The Kier molecular flexibility index (Phi) is 8.16. The number of amides is 1. The Morgan fingerprint density at radius 3 is 2.35 bits per heavy atom. The highest BCUT2D eigenvalue weighted by atomic mass is 16.5. The summed E-state index contributed by atoms with van der Waals surface area (Å²) in [6, 6.07) is 21.3. The smallest absolute Gasteiger partial charge is 0.440 e.